The zero-order chi connectivity index (χ0) is 23.2. The molecular weight excluding hydrogens is 467 g/mol. The van der Waals surface area contributed by atoms with Crippen LogP contribution in [0.2, 0.25) is 5.02 Å². The highest BCUT2D eigenvalue weighted by Crippen LogP contribution is 2.26. The summed E-state index contributed by atoms with van der Waals surface area (Å²) in [5.74, 6) is 1.06. The van der Waals surface area contributed by atoms with Gasteiger partial charge < -0.3 is 14.5 Å². The van der Waals surface area contributed by atoms with Gasteiger partial charge in [0.2, 0.25) is 5.91 Å². The smallest absolute Gasteiger partial charge is 0.237 e. The second-order valence-corrected chi connectivity index (χ2v) is 8.78. The Bertz CT molecular complexity index is 1210. The Hall–Kier alpha value is -3.30. The van der Waals surface area contributed by atoms with Crippen molar-refractivity contribution in [1.29, 1.82) is 0 Å². The number of benzene rings is 2. The van der Waals surface area contributed by atoms with Gasteiger partial charge in [0.25, 0.3) is 0 Å². The molecule has 0 saturated heterocycles. The van der Waals surface area contributed by atoms with Crippen molar-refractivity contribution in [2.24, 2.45) is 0 Å². The number of rotatable bonds is 9. The molecule has 0 saturated carbocycles. The first-order valence-corrected chi connectivity index (χ1v) is 11.3. The molecule has 1 atom stereocenters. The summed E-state index contributed by atoms with van der Waals surface area (Å²) < 4.78 is 27.0. The van der Waals surface area contributed by atoms with Gasteiger partial charge in [-0.25, -0.2) is 4.39 Å². The largest absolute Gasteiger partial charge is 0.486 e. The number of furan rings is 1. The van der Waals surface area contributed by atoms with E-state index in [1.54, 1.807) is 55.7 Å². The molecule has 1 N–H and O–H groups in total. The minimum Gasteiger partial charge on any atom is -0.486 e. The summed E-state index contributed by atoms with van der Waals surface area (Å²) >= 11 is 7.13. The summed E-state index contributed by atoms with van der Waals surface area (Å²) in [5.41, 5.74) is 0.129. The van der Waals surface area contributed by atoms with Crippen LogP contribution in [0.15, 0.2) is 76.5 Å². The lowest BCUT2D eigenvalue weighted by Gasteiger charge is -2.14. The molecule has 1 amide bonds. The zero-order valence-electron chi connectivity index (χ0n) is 17.6. The molecule has 7 nitrogen and oxygen atoms in total. The van der Waals surface area contributed by atoms with E-state index in [1.165, 1.54) is 23.9 Å². The summed E-state index contributed by atoms with van der Waals surface area (Å²) in [6, 6.07) is 16.7. The first-order chi connectivity index (χ1) is 16.0. The van der Waals surface area contributed by atoms with Crippen molar-refractivity contribution in [3.8, 4) is 5.75 Å². The molecule has 0 radical (unpaired) electrons. The fourth-order valence-electron chi connectivity index (χ4n) is 2.92. The van der Waals surface area contributed by atoms with E-state index < -0.39 is 11.1 Å². The fraction of sp³-hybridized carbons (Fsp3) is 0.174. The number of nitrogens with one attached hydrogen (secondary N) is 1. The maximum absolute atomic E-state index is 13.9. The number of aromatic nitrogens is 3. The van der Waals surface area contributed by atoms with Gasteiger partial charge in [-0.3, -0.25) is 9.36 Å². The number of hydrogen-bond donors (Lipinski definition) is 1. The van der Waals surface area contributed by atoms with E-state index in [0.717, 1.165) is 0 Å². The second-order valence-electron chi connectivity index (χ2n) is 7.04. The van der Waals surface area contributed by atoms with Crippen LogP contribution in [0.1, 0.15) is 18.5 Å². The van der Waals surface area contributed by atoms with E-state index in [4.69, 9.17) is 20.8 Å². The Morgan fingerprint density at radius 3 is 2.70 bits per heavy atom. The number of amides is 1. The van der Waals surface area contributed by atoms with Crippen LogP contribution in [0, 0.1) is 5.82 Å². The first kappa shape index (κ1) is 22.9. The summed E-state index contributed by atoms with van der Waals surface area (Å²) in [6.07, 6.45) is 1.58. The third-order valence-electron chi connectivity index (χ3n) is 4.65. The molecule has 0 aliphatic carbocycles. The number of carbonyl (C=O) groups is 1. The second kappa shape index (κ2) is 10.5. The summed E-state index contributed by atoms with van der Waals surface area (Å²) in [6.45, 7) is 2.24. The monoisotopic (exact) mass is 486 g/mol. The van der Waals surface area contributed by atoms with Crippen molar-refractivity contribution in [2.75, 3.05) is 5.32 Å². The van der Waals surface area contributed by atoms with Gasteiger partial charge in [0.1, 0.15) is 23.9 Å². The van der Waals surface area contributed by atoms with Crippen molar-refractivity contribution in [2.45, 2.75) is 30.5 Å². The van der Waals surface area contributed by atoms with Crippen LogP contribution in [0.4, 0.5) is 10.1 Å². The Kier molecular flexibility index (Phi) is 7.31. The minimum absolute atomic E-state index is 0.129. The topological polar surface area (TPSA) is 82.2 Å². The number of para-hydroxylation sites is 1. The average Bonchev–Trinajstić information content (AvgIpc) is 3.46. The number of hydrogen-bond acceptors (Lipinski definition) is 6. The molecule has 2 aromatic carbocycles. The fourth-order valence-corrected chi connectivity index (χ4v) is 3.91. The molecular formula is C23H20ClFN4O3S. The summed E-state index contributed by atoms with van der Waals surface area (Å²) in [7, 11) is 0. The van der Waals surface area contributed by atoms with Crippen molar-refractivity contribution < 1.29 is 18.3 Å². The Morgan fingerprint density at radius 2 is 1.97 bits per heavy atom. The highest BCUT2D eigenvalue weighted by molar-refractivity contribution is 8.00. The standard InChI is InChI=1S/C23H20ClFN4O3S/c1-15(22(30)26-20-7-3-2-6-19(20)25)33-23-28-27-21(29(23)13-18-5-4-12-31-18)14-32-17-10-8-16(24)9-11-17/h2-12,15H,13-14H2,1H3,(H,26,30). The van der Waals surface area contributed by atoms with E-state index in [0.29, 0.717) is 34.1 Å². The molecule has 170 valence electrons. The molecule has 2 heterocycles. The molecule has 10 heteroatoms. The van der Waals surface area contributed by atoms with Crippen LogP contribution in [0.25, 0.3) is 0 Å². The maximum atomic E-state index is 13.9. The van der Waals surface area contributed by atoms with E-state index in [2.05, 4.69) is 15.5 Å². The number of carbonyl (C=O) groups excluding carboxylic acids is 1. The zero-order valence-corrected chi connectivity index (χ0v) is 19.1. The number of ether oxygens (including phenoxy) is 1. The van der Waals surface area contributed by atoms with E-state index >= 15 is 0 Å². The molecule has 0 bridgehead atoms. The first-order valence-electron chi connectivity index (χ1n) is 10.0. The van der Waals surface area contributed by atoms with E-state index in [1.807, 2.05) is 10.6 Å². The lowest BCUT2D eigenvalue weighted by molar-refractivity contribution is -0.115. The Labute approximate surface area is 198 Å². The van der Waals surface area contributed by atoms with Gasteiger partial charge in [-0.05, 0) is 55.5 Å². The lowest BCUT2D eigenvalue weighted by Crippen LogP contribution is -2.23. The Morgan fingerprint density at radius 1 is 1.18 bits per heavy atom. The van der Waals surface area contributed by atoms with Gasteiger partial charge in [0.05, 0.1) is 23.7 Å². The molecule has 1 unspecified atom stereocenters. The quantitative estimate of drug-likeness (QED) is 0.318. The summed E-state index contributed by atoms with van der Waals surface area (Å²) in [5, 5.41) is 11.7. The van der Waals surface area contributed by atoms with Crippen LogP contribution in [0.3, 0.4) is 0 Å². The predicted molar refractivity (Wildman–Crippen MR) is 124 cm³/mol. The number of nitrogens with zero attached hydrogens (tertiary/aromatic N) is 3. The van der Waals surface area contributed by atoms with Gasteiger partial charge in [0.15, 0.2) is 11.0 Å². The third kappa shape index (κ3) is 5.94. The molecule has 0 spiro atoms. The van der Waals surface area contributed by atoms with Gasteiger partial charge in [0, 0.05) is 5.02 Å². The highest BCUT2D eigenvalue weighted by Gasteiger charge is 2.22. The van der Waals surface area contributed by atoms with Gasteiger partial charge in [-0.15, -0.1) is 10.2 Å². The van der Waals surface area contributed by atoms with Crippen molar-refractivity contribution in [1.82, 2.24) is 14.8 Å². The Balaban J connectivity index is 1.49. The lowest BCUT2D eigenvalue weighted by atomic mass is 10.3. The molecule has 0 fully saturated rings. The average molecular weight is 487 g/mol. The van der Waals surface area contributed by atoms with Crippen molar-refractivity contribution in [3.63, 3.8) is 0 Å². The van der Waals surface area contributed by atoms with E-state index in [9.17, 15) is 9.18 Å². The normalized spacial score (nSPS) is 11.8. The maximum Gasteiger partial charge on any atom is 0.237 e. The van der Waals surface area contributed by atoms with Gasteiger partial charge >= 0.3 is 0 Å². The molecule has 2 aromatic heterocycles. The third-order valence-corrected chi connectivity index (χ3v) is 5.98. The van der Waals surface area contributed by atoms with Crippen LogP contribution in [-0.2, 0) is 17.9 Å². The van der Waals surface area contributed by atoms with Crippen molar-refractivity contribution >= 4 is 35.0 Å². The van der Waals surface area contributed by atoms with E-state index in [-0.39, 0.29) is 18.2 Å². The summed E-state index contributed by atoms with van der Waals surface area (Å²) in [4.78, 5) is 12.6. The molecule has 33 heavy (non-hydrogen) atoms. The molecule has 0 aliphatic rings. The van der Waals surface area contributed by atoms with Gasteiger partial charge in [-0.2, -0.15) is 0 Å². The van der Waals surface area contributed by atoms with Crippen molar-refractivity contribution in [3.05, 3.63) is 89.4 Å². The predicted octanol–water partition coefficient (Wildman–Crippen LogP) is 5.41. The number of thioether (sulfide) groups is 1. The van der Waals surface area contributed by atoms with Gasteiger partial charge in [-0.1, -0.05) is 35.5 Å². The SMILES string of the molecule is CC(Sc1nnc(COc2ccc(Cl)cc2)n1Cc1ccco1)C(=O)Nc1ccccc1F. The van der Waals surface area contributed by atoms with Crippen LogP contribution in [-0.4, -0.2) is 25.9 Å². The molecule has 4 aromatic rings. The highest BCUT2D eigenvalue weighted by atomic mass is 35.5. The van der Waals surface area contributed by atoms with Crippen LogP contribution >= 0.6 is 23.4 Å². The number of anilines is 1. The van der Waals surface area contributed by atoms with Crippen LogP contribution < -0.4 is 10.1 Å². The minimum atomic E-state index is -0.561. The molecule has 4 rings (SSSR count). The molecule has 0 aliphatic heterocycles. The number of halogens is 2. The van der Waals surface area contributed by atoms with Crippen LogP contribution in [0.5, 0.6) is 5.75 Å².